The highest BCUT2D eigenvalue weighted by Crippen LogP contribution is 2.42. The van der Waals surface area contributed by atoms with Crippen LogP contribution in [-0.2, 0) is 0 Å². The van der Waals surface area contributed by atoms with Crippen molar-refractivity contribution >= 4 is 54.3 Å². The fourth-order valence-electron chi connectivity index (χ4n) is 4.39. The molecule has 0 saturated carbocycles. The lowest BCUT2D eigenvalue weighted by atomic mass is 9.91. The van der Waals surface area contributed by atoms with E-state index >= 15 is 0 Å². The molecule has 0 amide bonds. The van der Waals surface area contributed by atoms with Crippen LogP contribution < -0.4 is 0 Å². The lowest BCUT2D eigenvalue weighted by Crippen LogP contribution is -1.99. The summed E-state index contributed by atoms with van der Waals surface area (Å²) in [6, 6.07) is 24.4. The molecule has 0 N–H and O–H groups in total. The molecule has 2 heterocycles. The van der Waals surface area contributed by atoms with Crippen LogP contribution in [0, 0.1) is 22.7 Å². The van der Waals surface area contributed by atoms with Crippen molar-refractivity contribution in [2.75, 3.05) is 0 Å². The van der Waals surface area contributed by atoms with Crippen LogP contribution in [0.2, 0.25) is 0 Å². The fourth-order valence-corrected chi connectivity index (χ4v) is 4.39. The zero-order valence-corrected chi connectivity index (χ0v) is 15.6. The van der Waals surface area contributed by atoms with Gasteiger partial charge in [-0.15, -0.1) is 0 Å². The Labute approximate surface area is 170 Å². The minimum Gasteiger partial charge on any atom is -0.254 e. The van der Waals surface area contributed by atoms with E-state index in [-0.39, 0.29) is 11.4 Å². The summed E-state index contributed by atoms with van der Waals surface area (Å²) in [5.41, 5.74) is 1.84. The molecule has 6 rings (SSSR count). The molecular formula is C25H11N5. The van der Waals surface area contributed by atoms with Crippen LogP contribution >= 0.6 is 0 Å². The van der Waals surface area contributed by atoms with Crippen molar-refractivity contribution in [3.05, 3.63) is 78.2 Å². The average molecular weight is 381 g/mol. The SMILES string of the molecule is N#Cc1nc2c3ncccc3c3c4ccccc4c4ccccc4c3c2nc1C#N. The van der Waals surface area contributed by atoms with Gasteiger partial charge in [-0.2, -0.15) is 10.5 Å². The van der Waals surface area contributed by atoms with Crippen LogP contribution in [0.3, 0.4) is 0 Å². The van der Waals surface area contributed by atoms with E-state index in [9.17, 15) is 10.5 Å². The predicted molar refractivity (Wildman–Crippen MR) is 117 cm³/mol. The Hall–Kier alpha value is -4.61. The summed E-state index contributed by atoms with van der Waals surface area (Å²) < 4.78 is 0. The molecule has 0 bridgehead atoms. The first kappa shape index (κ1) is 16.4. The highest BCUT2D eigenvalue weighted by Gasteiger charge is 2.19. The average Bonchev–Trinajstić information content (AvgIpc) is 2.82. The van der Waals surface area contributed by atoms with Gasteiger partial charge in [-0.25, -0.2) is 9.97 Å². The van der Waals surface area contributed by atoms with E-state index in [1.54, 1.807) is 6.20 Å². The molecule has 5 nitrogen and oxygen atoms in total. The van der Waals surface area contributed by atoms with E-state index < -0.39 is 0 Å². The first-order valence-electron chi connectivity index (χ1n) is 9.43. The molecule has 136 valence electrons. The second-order valence-electron chi connectivity index (χ2n) is 7.08. The van der Waals surface area contributed by atoms with Crippen LogP contribution in [0.5, 0.6) is 0 Å². The van der Waals surface area contributed by atoms with Crippen LogP contribution in [0.25, 0.3) is 54.3 Å². The molecule has 6 aromatic rings. The standard InChI is InChI=1S/C25H11N5/c26-12-19-20(13-27)30-25-23-18(10-5-11-28-23)21-16-8-3-1-6-14(16)15-7-2-4-9-17(15)22(21)24(25)29-19/h1-11H. The summed E-state index contributed by atoms with van der Waals surface area (Å²) in [4.78, 5) is 13.7. The Balaban J connectivity index is 2.09. The molecule has 0 aliphatic rings. The van der Waals surface area contributed by atoms with Crippen LogP contribution in [0.1, 0.15) is 11.4 Å². The number of benzene rings is 4. The summed E-state index contributed by atoms with van der Waals surface area (Å²) in [7, 11) is 0. The Bertz CT molecular complexity index is 1770. The Morgan fingerprint density at radius 1 is 0.533 bits per heavy atom. The van der Waals surface area contributed by atoms with Gasteiger partial charge in [0.15, 0.2) is 11.4 Å². The van der Waals surface area contributed by atoms with Gasteiger partial charge >= 0.3 is 0 Å². The van der Waals surface area contributed by atoms with Gasteiger partial charge < -0.3 is 0 Å². The molecule has 0 fully saturated rings. The molecule has 0 atom stereocenters. The number of hydrogen-bond donors (Lipinski definition) is 0. The Morgan fingerprint density at radius 3 is 1.70 bits per heavy atom. The van der Waals surface area contributed by atoms with Gasteiger partial charge in [0.05, 0.1) is 5.52 Å². The van der Waals surface area contributed by atoms with E-state index in [0.717, 1.165) is 37.7 Å². The lowest BCUT2D eigenvalue weighted by Gasteiger charge is -2.15. The summed E-state index contributed by atoms with van der Waals surface area (Å²) in [6.07, 6.45) is 1.71. The maximum absolute atomic E-state index is 9.56. The summed E-state index contributed by atoms with van der Waals surface area (Å²) in [5.74, 6) is 0. The third-order valence-electron chi connectivity index (χ3n) is 5.58. The number of nitriles is 2. The zero-order chi connectivity index (χ0) is 20.2. The maximum Gasteiger partial charge on any atom is 0.177 e. The molecule has 5 heteroatoms. The number of aromatic nitrogens is 3. The Morgan fingerprint density at radius 2 is 1.07 bits per heavy atom. The summed E-state index contributed by atoms with van der Waals surface area (Å²) in [5, 5.41) is 26.3. The maximum atomic E-state index is 9.56. The van der Waals surface area contributed by atoms with E-state index in [2.05, 4.69) is 39.2 Å². The quantitative estimate of drug-likeness (QED) is 0.330. The number of hydrogen-bond acceptors (Lipinski definition) is 5. The second kappa shape index (κ2) is 5.94. The van der Waals surface area contributed by atoms with Crippen LogP contribution in [-0.4, -0.2) is 15.0 Å². The van der Waals surface area contributed by atoms with Crippen molar-refractivity contribution < 1.29 is 0 Å². The van der Waals surface area contributed by atoms with Gasteiger partial charge in [0.1, 0.15) is 23.2 Å². The minimum absolute atomic E-state index is 0.0152. The second-order valence-corrected chi connectivity index (χ2v) is 7.08. The predicted octanol–water partition coefficient (Wildman–Crippen LogP) is 5.38. The van der Waals surface area contributed by atoms with E-state index in [1.807, 2.05) is 48.5 Å². The first-order chi connectivity index (χ1) is 14.8. The van der Waals surface area contributed by atoms with Gasteiger partial charge in [-0.3, -0.25) is 4.98 Å². The van der Waals surface area contributed by atoms with Crippen molar-refractivity contribution in [2.45, 2.75) is 0 Å². The largest absolute Gasteiger partial charge is 0.254 e. The molecule has 0 aliphatic heterocycles. The van der Waals surface area contributed by atoms with Gasteiger partial charge in [-0.1, -0.05) is 54.6 Å². The molecule has 0 unspecified atom stereocenters. The molecule has 0 saturated heterocycles. The number of nitrogens with zero attached hydrogens (tertiary/aromatic N) is 5. The van der Waals surface area contributed by atoms with Gasteiger partial charge in [0, 0.05) is 22.4 Å². The minimum atomic E-state index is 0.0152. The van der Waals surface area contributed by atoms with Crippen molar-refractivity contribution in [1.82, 2.24) is 15.0 Å². The van der Waals surface area contributed by atoms with E-state index in [4.69, 9.17) is 0 Å². The molecule has 30 heavy (non-hydrogen) atoms. The highest BCUT2D eigenvalue weighted by atomic mass is 14.9. The Kier molecular flexibility index (Phi) is 3.24. The van der Waals surface area contributed by atoms with Crippen molar-refractivity contribution in [3.63, 3.8) is 0 Å². The van der Waals surface area contributed by atoms with Gasteiger partial charge in [0.2, 0.25) is 0 Å². The zero-order valence-electron chi connectivity index (χ0n) is 15.6. The van der Waals surface area contributed by atoms with Crippen molar-refractivity contribution in [3.8, 4) is 12.1 Å². The van der Waals surface area contributed by atoms with Crippen LogP contribution in [0.4, 0.5) is 0 Å². The number of pyridine rings is 1. The van der Waals surface area contributed by atoms with E-state index in [1.165, 1.54) is 0 Å². The summed E-state index contributed by atoms with van der Waals surface area (Å²) in [6.45, 7) is 0. The first-order valence-corrected chi connectivity index (χ1v) is 9.43. The molecule has 2 aromatic heterocycles. The fraction of sp³-hybridized carbons (Fsp3) is 0. The lowest BCUT2D eigenvalue weighted by molar-refractivity contribution is 1.20. The highest BCUT2D eigenvalue weighted by molar-refractivity contribution is 6.37. The molecule has 0 radical (unpaired) electrons. The number of rotatable bonds is 0. The van der Waals surface area contributed by atoms with Gasteiger partial charge in [0.25, 0.3) is 0 Å². The van der Waals surface area contributed by atoms with Crippen LogP contribution in [0.15, 0.2) is 66.9 Å². The smallest absolute Gasteiger partial charge is 0.177 e. The molecule has 4 aromatic carbocycles. The van der Waals surface area contributed by atoms with Crippen molar-refractivity contribution in [1.29, 1.82) is 10.5 Å². The molecule has 0 spiro atoms. The third-order valence-corrected chi connectivity index (χ3v) is 5.58. The third kappa shape index (κ3) is 2.01. The summed E-state index contributed by atoms with van der Waals surface area (Å²) >= 11 is 0. The molecule has 0 aliphatic carbocycles. The normalized spacial score (nSPS) is 11.3. The molecular weight excluding hydrogens is 370 g/mol. The topological polar surface area (TPSA) is 86.2 Å². The monoisotopic (exact) mass is 381 g/mol. The number of fused-ring (bicyclic) bond motifs is 11. The van der Waals surface area contributed by atoms with Crippen molar-refractivity contribution in [2.24, 2.45) is 0 Å². The van der Waals surface area contributed by atoms with E-state index in [0.29, 0.717) is 16.6 Å². The van der Waals surface area contributed by atoms with Gasteiger partial charge in [-0.05, 0) is 27.6 Å².